The van der Waals surface area contributed by atoms with Crippen molar-refractivity contribution in [2.24, 2.45) is 0 Å². The molecule has 2 heterocycles. The highest BCUT2D eigenvalue weighted by Gasteiger charge is 2.23. The first-order valence-corrected chi connectivity index (χ1v) is 7.89. The average molecular weight is 323 g/mol. The molecule has 0 saturated carbocycles. The lowest BCUT2D eigenvalue weighted by atomic mass is 10.1. The number of halogens is 1. The first kappa shape index (κ1) is 14.2. The minimum Gasteiger partial charge on any atom is -0.399 e. The molecule has 1 aliphatic heterocycles. The lowest BCUT2D eigenvalue weighted by Gasteiger charge is -2.34. The van der Waals surface area contributed by atoms with Crippen LogP contribution in [0.2, 0.25) is 5.02 Å². The van der Waals surface area contributed by atoms with Crippen LogP contribution in [0.4, 0.5) is 10.8 Å². The number of hydrogen-bond donors (Lipinski definition) is 1. The van der Waals surface area contributed by atoms with E-state index in [1.54, 1.807) is 35.7 Å². The number of amides is 1. The highest BCUT2D eigenvalue weighted by molar-refractivity contribution is 7.13. The van der Waals surface area contributed by atoms with E-state index < -0.39 is 0 Å². The van der Waals surface area contributed by atoms with Crippen molar-refractivity contribution >= 4 is 39.7 Å². The second kappa shape index (κ2) is 5.91. The smallest absolute Gasteiger partial charge is 0.254 e. The van der Waals surface area contributed by atoms with Crippen LogP contribution in [0.1, 0.15) is 10.4 Å². The molecular weight excluding hydrogens is 308 g/mol. The summed E-state index contributed by atoms with van der Waals surface area (Å²) in [6, 6.07) is 4.97. The molecule has 0 spiro atoms. The lowest BCUT2D eigenvalue weighted by molar-refractivity contribution is 0.0747. The Morgan fingerprint density at radius 3 is 2.62 bits per heavy atom. The van der Waals surface area contributed by atoms with Gasteiger partial charge < -0.3 is 15.5 Å². The van der Waals surface area contributed by atoms with Gasteiger partial charge in [0.15, 0.2) is 5.13 Å². The normalized spacial score (nSPS) is 15.3. The number of nitrogens with two attached hydrogens (primary N) is 1. The van der Waals surface area contributed by atoms with Crippen LogP contribution in [0.15, 0.2) is 29.8 Å². The molecule has 21 heavy (non-hydrogen) atoms. The third kappa shape index (κ3) is 3.11. The maximum absolute atomic E-state index is 12.5. The second-order valence-corrected chi connectivity index (χ2v) is 6.18. The zero-order chi connectivity index (χ0) is 14.8. The Hall–Kier alpha value is -1.79. The van der Waals surface area contributed by atoms with E-state index in [0.717, 1.165) is 18.2 Å². The summed E-state index contributed by atoms with van der Waals surface area (Å²) < 4.78 is 0. The maximum Gasteiger partial charge on any atom is 0.254 e. The van der Waals surface area contributed by atoms with Gasteiger partial charge >= 0.3 is 0 Å². The molecule has 3 rings (SSSR count). The molecule has 2 N–H and O–H groups in total. The molecule has 7 heteroatoms. The summed E-state index contributed by atoms with van der Waals surface area (Å²) in [5.74, 6) is -0.0250. The third-order valence-electron chi connectivity index (χ3n) is 3.42. The van der Waals surface area contributed by atoms with Crippen LogP contribution in [-0.2, 0) is 0 Å². The zero-order valence-electron chi connectivity index (χ0n) is 11.3. The number of carbonyl (C=O) groups is 1. The van der Waals surface area contributed by atoms with Gasteiger partial charge in [-0.15, -0.1) is 11.3 Å². The summed E-state index contributed by atoms with van der Waals surface area (Å²) in [7, 11) is 0. The standard InChI is InChI=1S/C14H15ClN4OS/c15-11-7-10(8-12(16)9-11)13(20)18-2-4-19(5-3-18)14-17-1-6-21-14/h1,6-9H,2-5,16H2. The summed E-state index contributed by atoms with van der Waals surface area (Å²) in [4.78, 5) is 20.8. The Balaban J connectivity index is 1.67. The zero-order valence-corrected chi connectivity index (χ0v) is 12.9. The number of thiazole rings is 1. The molecule has 2 aromatic rings. The molecule has 0 radical (unpaired) electrons. The minimum absolute atomic E-state index is 0.0250. The number of nitrogen functional groups attached to an aromatic ring is 1. The molecule has 1 amide bonds. The highest BCUT2D eigenvalue weighted by atomic mass is 35.5. The van der Waals surface area contributed by atoms with Gasteiger partial charge in [0.25, 0.3) is 5.91 Å². The van der Waals surface area contributed by atoms with E-state index in [0.29, 0.717) is 29.4 Å². The van der Waals surface area contributed by atoms with Crippen molar-refractivity contribution in [3.05, 3.63) is 40.4 Å². The van der Waals surface area contributed by atoms with Gasteiger partial charge in [-0.05, 0) is 18.2 Å². The van der Waals surface area contributed by atoms with Crippen LogP contribution in [0.3, 0.4) is 0 Å². The molecule has 5 nitrogen and oxygen atoms in total. The van der Waals surface area contributed by atoms with E-state index in [9.17, 15) is 4.79 Å². The number of rotatable bonds is 2. The number of carbonyl (C=O) groups excluding carboxylic acids is 1. The van der Waals surface area contributed by atoms with Gasteiger partial charge in [0.05, 0.1) is 0 Å². The minimum atomic E-state index is -0.0250. The molecule has 1 aromatic carbocycles. The SMILES string of the molecule is Nc1cc(Cl)cc(C(=O)N2CCN(c3nccs3)CC2)c1. The quantitative estimate of drug-likeness (QED) is 0.862. The number of anilines is 2. The predicted molar refractivity (Wildman–Crippen MR) is 86.1 cm³/mol. The lowest BCUT2D eigenvalue weighted by Crippen LogP contribution is -2.48. The molecule has 110 valence electrons. The molecule has 0 aliphatic carbocycles. The summed E-state index contributed by atoms with van der Waals surface area (Å²) in [5, 5.41) is 3.45. The van der Waals surface area contributed by atoms with E-state index in [2.05, 4.69) is 9.88 Å². The van der Waals surface area contributed by atoms with Crippen molar-refractivity contribution in [3.8, 4) is 0 Å². The van der Waals surface area contributed by atoms with Crippen molar-refractivity contribution < 1.29 is 4.79 Å². The first-order valence-electron chi connectivity index (χ1n) is 6.63. The molecule has 1 aromatic heterocycles. The van der Waals surface area contributed by atoms with E-state index >= 15 is 0 Å². The van der Waals surface area contributed by atoms with Crippen molar-refractivity contribution in [3.63, 3.8) is 0 Å². The van der Waals surface area contributed by atoms with E-state index in [4.69, 9.17) is 17.3 Å². The fourth-order valence-corrected chi connectivity index (χ4v) is 3.33. The Kier molecular flexibility index (Phi) is 3.98. The van der Waals surface area contributed by atoms with Crippen molar-refractivity contribution in [2.75, 3.05) is 36.8 Å². The Morgan fingerprint density at radius 2 is 2.00 bits per heavy atom. The number of piperazine rings is 1. The number of nitrogens with zero attached hydrogens (tertiary/aromatic N) is 3. The van der Waals surface area contributed by atoms with E-state index in [1.165, 1.54) is 0 Å². The average Bonchev–Trinajstić information content (AvgIpc) is 3.00. The topological polar surface area (TPSA) is 62.5 Å². The fraction of sp³-hybridized carbons (Fsp3) is 0.286. The van der Waals surface area contributed by atoms with Gasteiger partial charge in [-0.3, -0.25) is 4.79 Å². The van der Waals surface area contributed by atoms with Crippen molar-refractivity contribution in [1.82, 2.24) is 9.88 Å². The van der Waals surface area contributed by atoms with Crippen LogP contribution in [0.25, 0.3) is 0 Å². The van der Waals surface area contributed by atoms with Crippen molar-refractivity contribution in [2.45, 2.75) is 0 Å². The van der Waals surface area contributed by atoms with Crippen LogP contribution in [0.5, 0.6) is 0 Å². The van der Waals surface area contributed by atoms with Gasteiger partial charge in [0.1, 0.15) is 0 Å². The third-order valence-corrected chi connectivity index (χ3v) is 4.47. The van der Waals surface area contributed by atoms with Gasteiger partial charge in [0, 0.05) is 54.0 Å². The molecule has 1 fully saturated rings. The van der Waals surface area contributed by atoms with Crippen LogP contribution < -0.4 is 10.6 Å². The largest absolute Gasteiger partial charge is 0.399 e. The first-order chi connectivity index (χ1) is 10.1. The van der Waals surface area contributed by atoms with Crippen LogP contribution >= 0.6 is 22.9 Å². The van der Waals surface area contributed by atoms with Crippen molar-refractivity contribution in [1.29, 1.82) is 0 Å². The summed E-state index contributed by atoms with van der Waals surface area (Å²) in [6.07, 6.45) is 1.80. The van der Waals surface area contributed by atoms with E-state index in [-0.39, 0.29) is 5.91 Å². The molecule has 0 atom stereocenters. The Labute approximate surface area is 131 Å². The fourth-order valence-electron chi connectivity index (χ4n) is 2.39. The Morgan fingerprint density at radius 1 is 1.24 bits per heavy atom. The van der Waals surface area contributed by atoms with Crippen LogP contribution in [0, 0.1) is 0 Å². The van der Waals surface area contributed by atoms with E-state index in [1.807, 2.05) is 10.3 Å². The summed E-state index contributed by atoms with van der Waals surface area (Å²) in [5.41, 5.74) is 6.79. The number of aromatic nitrogens is 1. The van der Waals surface area contributed by atoms with Gasteiger partial charge in [-0.2, -0.15) is 0 Å². The maximum atomic E-state index is 12.5. The van der Waals surface area contributed by atoms with Gasteiger partial charge in [-0.1, -0.05) is 11.6 Å². The number of benzene rings is 1. The molecule has 1 aliphatic rings. The summed E-state index contributed by atoms with van der Waals surface area (Å²) >= 11 is 7.57. The van der Waals surface area contributed by atoms with Gasteiger partial charge in [-0.25, -0.2) is 4.98 Å². The Bertz CT molecular complexity index is 618. The monoisotopic (exact) mass is 322 g/mol. The van der Waals surface area contributed by atoms with Crippen LogP contribution in [-0.4, -0.2) is 42.0 Å². The predicted octanol–water partition coefficient (Wildman–Crippen LogP) is 2.34. The second-order valence-electron chi connectivity index (χ2n) is 4.87. The molecule has 1 saturated heterocycles. The molecular formula is C14H15ClN4OS. The highest BCUT2D eigenvalue weighted by Crippen LogP contribution is 2.21. The summed E-state index contributed by atoms with van der Waals surface area (Å²) in [6.45, 7) is 2.92. The number of hydrogen-bond acceptors (Lipinski definition) is 5. The molecule has 0 unspecified atom stereocenters. The molecule has 0 bridgehead atoms. The van der Waals surface area contributed by atoms with Gasteiger partial charge in [0.2, 0.25) is 0 Å².